The van der Waals surface area contributed by atoms with Crippen molar-refractivity contribution in [3.8, 4) is 5.75 Å². The standard InChI is InChI=1S/C27H34N2O3/c1-32-25-4-2-3-23(18-25)19-27(31)29-15-13-22(14-16-29)17-21-7-5-20(6-8-21)9-12-26(30)28-24-10-11-24/h2-8,18,22,24H,9-17,19H2,1H3,(H,28,30). The highest BCUT2D eigenvalue weighted by atomic mass is 16.5. The third kappa shape index (κ3) is 6.59. The molecule has 4 rings (SSSR count). The Hall–Kier alpha value is -2.82. The summed E-state index contributed by atoms with van der Waals surface area (Å²) in [4.78, 5) is 26.6. The molecule has 5 heteroatoms. The van der Waals surface area contributed by atoms with E-state index >= 15 is 0 Å². The van der Waals surface area contributed by atoms with Crippen molar-refractivity contribution < 1.29 is 14.3 Å². The van der Waals surface area contributed by atoms with Gasteiger partial charge in [-0.05, 0) is 73.3 Å². The molecule has 0 aromatic heterocycles. The fraction of sp³-hybridized carbons (Fsp3) is 0.481. The van der Waals surface area contributed by atoms with Gasteiger partial charge in [-0.15, -0.1) is 0 Å². The molecule has 2 aromatic rings. The van der Waals surface area contributed by atoms with Crippen LogP contribution < -0.4 is 10.1 Å². The molecule has 0 unspecified atom stereocenters. The summed E-state index contributed by atoms with van der Waals surface area (Å²) in [5.41, 5.74) is 3.57. The van der Waals surface area contributed by atoms with E-state index in [0.717, 1.165) is 62.9 Å². The van der Waals surface area contributed by atoms with Gasteiger partial charge in [0.25, 0.3) is 0 Å². The zero-order chi connectivity index (χ0) is 22.3. The maximum absolute atomic E-state index is 12.7. The van der Waals surface area contributed by atoms with Crippen LogP contribution in [-0.2, 0) is 28.9 Å². The number of hydrogen-bond acceptors (Lipinski definition) is 3. The van der Waals surface area contributed by atoms with Crippen LogP contribution in [0.4, 0.5) is 0 Å². The molecule has 32 heavy (non-hydrogen) atoms. The van der Waals surface area contributed by atoms with Gasteiger partial charge in [0.2, 0.25) is 11.8 Å². The lowest BCUT2D eigenvalue weighted by Crippen LogP contribution is -2.39. The fourth-order valence-electron chi connectivity index (χ4n) is 4.42. The van der Waals surface area contributed by atoms with E-state index in [4.69, 9.17) is 4.74 Å². The summed E-state index contributed by atoms with van der Waals surface area (Å²) in [7, 11) is 1.65. The van der Waals surface area contributed by atoms with E-state index in [0.29, 0.717) is 24.8 Å². The Balaban J connectivity index is 1.18. The Morgan fingerprint density at radius 3 is 2.38 bits per heavy atom. The van der Waals surface area contributed by atoms with Crippen molar-refractivity contribution in [3.63, 3.8) is 0 Å². The van der Waals surface area contributed by atoms with E-state index in [1.54, 1.807) is 7.11 Å². The molecule has 2 amide bonds. The third-order valence-corrected chi connectivity index (χ3v) is 6.59. The second kappa shape index (κ2) is 10.7. The molecule has 5 nitrogen and oxygen atoms in total. The number of nitrogens with zero attached hydrogens (tertiary/aromatic N) is 1. The maximum atomic E-state index is 12.7. The Labute approximate surface area is 191 Å². The number of nitrogens with one attached hydrogen (secondary N) is 1. The highest BCUT2D eigenvalue weighted by molar-refractivity contribution is 5.79. The van der Waals surface area contributed by atoms with Crippen LogP contribution in [0.2, 0.25) is 0 Å². The Kier molecular flexibility index (Phi) is 7.46. The van der Waals surface area contributed by atoms with E-state index in [2.05, 4.69) is 29.6 Å². The fourth-order valence-corrected chi connectivity index (χ4v) is 4.42. The van der Waals surface area contributed by atoms with Gasteiger partial charge in [0.1, 0.15) is 5.75 Å². The van der Waals surface area contributed by atoms with E-state index in [1.807, 2.05) is 29.2 Å². The largest absolute Gasteiger partial charge is 0.497 e. The number of ether oxygens (including phenoxy) is 1. The highest BCUT2D eigenvalue weighted by Crippen LogP contribution is 2.23. The second-order valence-corrected chi connectivity index (χ2v) is 9.21. The molecule has 1 saturated heterocycles. The van der Waals surface area contributed by atoms with Gasteiger partial charge >= 0.3 is 0 Å². The average molecular weight is 435 g/mol. The minimum absolute atomic E-state index is 0.171. The van der Waals surface area contributed by atoms with Crippen molar-refractivity contribution >= 4 is 11.8 Å². The molecule has 2 aromatic carbocycles. The van der Waals surface area contributed by atoms with Crippen LogP contribution in [0.25, 0.3) is 0 Å². The summed E-state index contributed by atoms with van der Waals surface area (Å²) in [5.74, 6) is 1.78. The molecule has 2 aliphatic rings. The number of hydrogen-bond donors (Lipinski definition) is 1. The number of carbonyl (C=O) groups excluding carboxylic acids is 2. The first-order valence-corrected chi connectivity index (χ1v) is 11.9. The molecule has 1 aliphatic carbocycles. The van der Waals surface area contributed by atoms with Crippen molar-refractivity contribution in [2.24, 2.45) is 5.92 Å². The number of carbonyl (C=O) groups is 2. The summed E-state index contributed by atoms with van der Waals surface area (Å²) in [5, 5.41) is 3.05. The van der Waals surface area contributed by atoms with Gasteiger partial charge in [0, 0.05) is 25.6 Å². The average Bonchev–Trinajstić information content (AvgIpc) is 3.63. The maximum Gasteiger partial charge on any atom is 0.226 e. The van der Waals surface area contributed by atoms with Crippen LogP contribution in [-0.4, -0.2) is 43.0 Å². The van der Waals surface area contributed by atoms with Gasteiger partial charge in [-0.25, -0.2) is 0 Å². The van der Waals surface area contributed by atoms with Crippen LogP contribution in [0.5, 0.6) is 5.75 Å². The van der Waals surface area contributed by atoms with Gasteiger partial charge in [-0.3, -0.25) is 9.59 Å². The predicted molar refractivity (Wildman–Crippen MR) is 126 cm³/mol. The van der Waals surface area contributed by atoms with Crippen molar-refractivity contribution in [2.45, 2.75) is 57.4 Å². The molecule has 2 fully saturated rings. The lowest BCUT2D eigenvalue weighted by molar-refractivity contribution is -0.131. The van der Waals surface area contributed by atoms with E-state index in [9.17, 15) is 9.59 Å². The van der Waals surface area contributed by atoms with Gasteiger partial charge in [0.15, 0.2) is 0 Å². The first-order valence-electron chi connectivity index (χ1n) is 11.9. The van der Waals surface area contributed by atoms with E-state index in [1.165, 1.54) is 11.1 Å². The lowest BCUT2D eigenvalue weighted by Gasteiger charge is -2.32. The predicted octanol–water partition coefficient (Wildman–Crippen LogP) is 3.93. The van der Waals surface area contributed by atoms with Crippen LogP contribution >= 0.6 is 0 Å². The van der Waals surface area contributed by atoms with Crippen molar-refractivity contribution in [1.82, 2.24) is 10.2 Å². The molecular formula is C27H34N2O3. The number of aryl methyl sites for hydroxylation is 1. The van der Waals surface area contributed by atoms with Crippen molar-refractivity contribution in [2.75, 3.05) is 20.2 Å². The SMILES string of the molecule is COc1cccc(CC(=O)N2CCC(Cc3ccc(CCC(=O)NC4CC4)cc3)CC2)c1. The molecular weight excluding hydrogens is 400 g/mol. The molecule has 0 atom stereocenters. The number of likely N-dealkylation sites (tertiary alicyclic amines) is 1. The monoisotopic (exact) mass is 434 g/mol. The molecule has 1 aliphatic heterocycles. The Morgan fingerprint density at radius 1 is 0.969 bits per heavy atom. The third-order valence-electron chi connectivity index (χ3n) is 6.59. The Morgan fingerprint density at radius 2 is 1.69 bits per heavy atom. The highest BCUT2D eigenvalue weighted by Gasteiger charge is 2.24. The molecule has 0 radical (unpaired) electrons. The molecule has 1 saturated carbocycles. The van der Waals surface area contributed by atoms with Crippen LogP contribution in [0.15, 0.2) is 48.5 Å². The molecule has 1 heterocycles. The van der Waals surface area contributed by atoms with Gasteiger partial charge in [-0.1, -0.05) is 36.4 Å². The molecule has 1 N–H and O–H groups in total. The normalized spacial score (nSPS) is 16.6. The van der Waals surface area contributed by atoms with E-state index in [-0.39, 0.29) is 11.8 Å². The zero-order valence-electron chi connectivity index (χ0n) is 19.0. The molecule has 170 valence electrons. The van der Waals surface area contributed by atoms with E-state index < -0.39 is 0 Å². The van der Waals surface area contributed by atoms with Crippen LogP contribution in [0.1, 0.15) is 48.8 Å². The van der Waals surface area contributed by atoms with Crippen molar-refractivity contribution in [1.29, 1.82) is 0 Å². The number of methoxy groups -OCH3 is 1. The number of rotatable bonds is 9. The number of piperidine rings is 1. The summed E-state index contributed by atoms with van der Waals surface area (Å²) >= 11 is 0. The molecule has 0 bridgehead atoms. The van der Waals surface area contributed by atoms with Crippen LogP contribution in [0.3, 0.4) is 0 Å². The van der Waals surface area contributed by atoms with Gasteiger partial charge < -0.3 is 15.0 Å². The summed E-state index contributed by atoms with van der Waals surface area (Å²) < 4.78 is 5.26. The minimum atomic E-state index is 0.171. The summed E-state index contributed by atoms with van der Waals surface area (Å²) in [6.45, 7) is 1.67. The molecule has 0 spiro atoms. The smallest absolute Gasteiger partial charge is 0.226 e. The quantitative estimate of drug-likeness (QED) is 0.651. The first-order chi connectivity index (χ1) is 15.6. The minimum Gasteiger partial charge on any atom is -0.497 e. The number of benzene rings is 2. The van der Waals surface area contributed by atoms with Gasteiger partial charge in [0.05, 0.1) is 13.5 Å². The zero-order valence-corrected chi connectivity index (χ0v) is 19.0. The summed E-state index contributed by atoms with van der Waals surface area (Å²) in [6.07, 6.45) is 7.22. The topological polar surface area (TPSA) is 58.6 Å². The van der Waals surface area contributed by atoms with Gasteiger partial charge in [-0.2, -0.15) is 0 Å². The van der Waals surface area contributed by atoms with Crippen molar-refractivity contribution in [3.05, 3.63) is 65.2 Å². The number of amides is 2. The van der Waals surface area contributed by atoms with Crippen LogP contribution in [0, 0.1) is 5.92 Å². The lowest BCUT2D eigenvalue weighted by atomic mass is 9.89. The first kappa shape index (κ1) is 22.4. The summed E-state index contributed by atoms with van der Waals surface area (Å²) in [6, 6.07) is 16.9. The Bertz CT molecular complexity index is 913. The second-order valence-electron chi connectivity index (χ2n) is 9.21.